The van der Waals surface area contributed by atoms with E-state index in [9.17, 15) is 4.39 Å². The number of benzene rings is 1. The van der Waals surface area contributed by atoms with Gasteiger partial charge >= 0.3 is 0 Å². The predicted octanol–water partition coefficient (Wildman–Crippen LogP) is 3.62. The Kier molecular flexibility index (Phi) is 4.72. The molecule has 1 N–H and O–H groups in total. The molecule has 1 aromatic carbocycles. The van der Waals surface area contributed by atoms with Crippen LogP contribution in [0.15, 0.2) is 42.6 Å². The summed E-state index contributed by atoms with van der Waals surface area (Å²) >= 11 is 0. The first kappa shape index (κ1) is 13.3. The second-order valence-electron chi connectivity index (χ2n) is 4.22. The molecule has 3 nitrogen and oxygen atoms in total. The van der Waals surface area contributed by atoms with E-state index in [0.29, 0.717) is 6.54 Å². The van der Waals surface area contributed by atoms with Crippen molar-refractivity contribution in [2.75, 3.05) is 11.9 Å². The van der Waals surface area contributed by atoms with Crippen molar-refractivity contribution in [1.82, 2.24) is 4.98 Å². The maximum Gasteiger partial charge on any atom is 0.212 e. The summed E-state index contributed by atoms with van der Waals surface area (Å²) in [6.45, 7) is 3.48. The number of anilines is 1. The molecule has 0 radical (unpaired) electrons. The van der Waals surface area contributed by atoms with Gasteiger partial charge in [0.2, 0.25) is 5.95 Å². The summed E-state index contributed by atoms with van der Waals surface area (Å²) in [5, 5.41) is 3.18. The lowest BCUT2D eigenvalue weighted by molar-refractivity contribution is 0.317. The van der Waals surface area contributed by atoms with E-state index in [2.05, 4.69) is 17.2 Å². The monoisotopic (exact) mass is 260 g/mol. The summed E-state index contributed by atoms with van der Waals surface area (Å²) in [6.07, 6.45) is 2.48. The number of rotatable bonds is 6. The van der Waals surface area contributed by atoms with Crippen molar-refractivity contribution in [3.8, 4) is 5.75 Å². The number of nitrogens with zero attached hydrogens (tertiary/aromatic N) is 1. The van der Waals surface area contributed by atoms with Crippen LogP contribution in [0.5, 0.6) is 5.75 Å². The van der Waals surface area contributed by atoms with Gasteiger partial charge in [0.05, 0.1) is 18.5 Å². The molecule has 0 unspecified atom stereocenters. The van der Waals surface area contributed by atoms with Crippen LogP contribution in [0.3, 0.4) is 0 Å². The van der Waals surface area contributed by atoms with Crippen molar-refractivity contribution in [3.05, 3.63) is 54.1 Å². The second-order valence-corrected chi connectivity index (χ2v) is 4.22. The largest absolute Gasteiger partial charge is 0.494 e. The fourth-order valence-electron chi connectivity index (χ4n) is 1.61. The Bertz CT molecular complexity index is 497. The molecule has 0 saturated heterocycles. The van der Waals surface area contributed by atoms with Gasteiger partial charge in [-0.05, 0) is 36.2 Å². The summed E-state index contributed by atoms with van der Waals surface area (Å²) in [5.74, 6) is 0.414. The molecular formula is C15H17FN2O. The highest BCUT2D eigenvalue weighted by Crippen LogP contribution is 2.14. The minimum Gasteiger partial charge on any atom is -0.494 e. The van der Waals surface area contributed by atoms with Crippen LogP contribution in [0.2, 0.25) is 0 Å². The van der Waals surface area contributed by atoms with Crippen molar-refractivity contribution in [2.45, 2.75) is 19.9 Å². The van der Waals surface area contributed by atoms with E-state index in [-0.39, 0.29) is 0 Å². The molecule has 100 valence electrons. The molecule has 0 amide bonds. The Morgan fingerprint density at radius 2 is 1.95 bits per heavy atom. The highest BCUT2D eigenvalue weighted by molar-refractivity contribution is 5.41. The molecule has 0 atom stereocenters. The van der Waals surface area contributed by atoms with E-state index in [4.69, 9.17) is 4.74 Å². The third kappa shape index (κ3) is 4.25. The molecule has 0 aliphatic carbocycles. The van der Waals surface area contributed by atoms with Gasteiger partial charge < -0.3 is 10.1 Å². The van der Waals surface area contributed by atoms with Crippen molar-refractivity contribution < 1.29 is 9.13 Å². The highest BCUT2D eigenvalue weighted by atomic mass is 19.1. The first-order chi connectivity index (χ1) is 9.28. The highest BCUT2D eigenvalue weighted by Gasteiger charge is 1.97. The Labute approximate surface area is 112 Å². The quantitative estimate of drug-likeness (QED) is 0.805. The van der Waals surface area contributed by atoms with Crippen LogP contribution in [-0.4, -0.2) is 11.6 Å². The minimum absolute atomic E-state index is 0.469. The summed E-state index contributed by atoms with van der Waals surface area (Å²) in [6, 6.07) is 10.9. The number of nitrogens with one attached hydrogen (secondary N) is 1. The van der Waals surface area contributed by atoms with Gasteiger partial charge in [0.25, 0.3) is 0 Å². The number of hydrogen-bond acceptors (Lipinski definition) is 3. The molecular weight excluding hydrogens is 243 g/mol. The van der Waals surface area contributed by atoms with Crippen molar-refractivity contribution >= 4 is 5.69 Å². The van der Waals surface area contributed by atoms with Crippen molar-refractivity contribution in [1.29, 1.82) is 0 Å². The Morgan fingerprint density at radius 1 is 1.16 bits per heavy atom. The molecule has 1 aromatic heterocycles. The smallest absolute Gasteiger partial charge is 0.212 e. The van der Waals surface area contributed by atoms with Gasteiger partial charge in [0.15, 0.2) is 0 Å². The second kappa shape index (κ2) is 6.73. The lowest BCUT2D eigenvalue weighted by Crippen LogP contribution is -2.00. The van der Waals surface area contributed by atoms with Crippen molar-refractivity contribution in [3.63, 3.8) is 0 Å². The average Bonchev–Trinajstić information content (AvgIpc) is 2.46. The van der Waals surface area contributed by atoms with Gasteiger partial charge in [-0.25, -0.2) is 4.98 Å². The van der Waals surface area contributed by atoms with E-state index < -0.39 is 5.95 Å². The third-order valence-electron chi connectivity index (χ3n) is 2.62. The normalized spacial score (nSPS) is 10.2. The lowest BCUT2D eigenvalue weighted by atomic mass is 10.2. The molecule has 2 aromatic rings. The first-order valence-electron chi connectivity index (χ1n) is 6.35. The number of pyridine rings is 1. The van der Waals surface area contributed by atoms with E-state index >= 15 is 0 Å². The Morgan fingerprint density at radius 3 is 2.58 bits per heavy atom. The van der Waals surface area contributed by atoms with Crippen LogP contribution in [0.25, 0.3) is 0 Å². The first-order valence-corrected chi connectivity index (χ1v) is 6.35. The zero-order chi connectivity index (χ0) is 13.5. The molecule has 0 aliphatic heterocycles. The summed E-state index contributed by atoms with van der Waals surface area (Å²) in [5.41, 5.74) is 1.93. The summed E-state index contributed by atoms with van der Waals surface area (Å²) in [4.78, 5) is 3.59. The summed E-state index contributed by atoms with van der Waals surface area (Å²) < 4.78 is 18.2. The van der Waals surface area contributed by atoms with Gasteiger partial charge in [-0.3, -0.25) is 0 Å². The van der Waals surface area contributed by atoms with Crippen LogP contribution in [-0.2, 0) is 6.54 Å². The number of aromatic nitrogens is 1. The van der Waals surface area contributed by atoms with Crippen LogP contribution in [0.4, 0.5) is 10.1 Å². The van der Waals surface area contributed by atoms with Crippen LogP contribution in [0.1, 0.15) is 18.9 Å². The van der Waals surface area contributed by atoms with Gasteiger partial charge in [0, 0.05) is 6.54 Å². The fraction of sp³-hybridized carbons (Fsp3) is 0.267. The standard InChI is InChI=1S/C15H17FN2O/c1-2-9-19-14-6-3-12(4-7-14)10-17-13-5-8-15(16)18-11-13/h3-8,11,17H,2,9-10H2,1H3. The SMILES string of the molecule is CCCOc1ccc(CNc2ccc(F)nc2)cc1. The molecule has 1 heterocycles. The molecule has 2 rings (SSSR count). The predicted molar refractivity (Wildman–Crippen MR) is 73.7 cm³/mol. The average molecular weight is 260 g/mol. The molecule has 0 spiro atoms. The molecule has 0 fully saturated rings. The van der Waals surface area contributed by atoms with Gasteiger partial charge in [0.1, 0.15) is 5.75 Å². The van der Waals surface area contributed by atoms with Gasteiger partial charge in [-0.2, -0.15) is 4.39 Å². The van der Waals surface area contributed by atoms with E-state index in [1.807, 2.05) is 24.3 Å². The van der Waals surface area contributed by atoms with Crippen LogP contribution < -0.4 is 10.1 Å². The van der Waals surface area contributed by atoms with Crippen LogP contribution >= 0.6 is 0 Å². The molecule has 0 bridgehead atoms. The fourth-order valence-corrected chi connectivity index (χ4v) is 1.61. The van der Waals surface area contributed by atoms with Gasteiger partial charge in [-0.1, -0.05) is 19.1 Å². The molecule has 0 aliphatic rings. The number of halogens is 1. The minimum atomic E-state index is -0.469. The Hall–Kier alpha value is -2.10. The zero-order valence-corrected chi connectivity index (χ0v) is 10.9. The van der Waals surface area contributed by atoms with Crippen molar-refractivity contribution in [2.24, 2.45) is 0 Å². The van der Waals surface area contributed by atoms with Crippen LogP contribution in [0, 0.1) is 5.95 Å². The maximum atomic E-state index is 12.6. The molecule has 19 heavy (non-hydrogen) atoms. The van der Waals surface area contributed by atoms with Gasteiger partial charge in [-0.15, -0.1) is 0 Å². The van der Waals surface area contributed by atoms with E-state index in [0.717, 1.165) is 30.0 Å². The molecule has 4 heteroatoms. The lowest BCUT2D eigenvalue weighted by Gasteiger charge is -2.08. The Balaban J connectivity index is 1.87. The summed E-state index contributed by atoms with van der Waals surface area (Å²) in [7, 11) is 0. The number of hydrogen-bond donors (Lipinski definition) is 1. The van der Waals surface area contributed by atoms with E-state index in [1.54, 1.807) is 6.07 Å². The number of ether oxygens (including phenoxy) is 1. The topological polar surface area (TPSA) is 34.1 Å². The van der Waals surface area contributed by atoms with E-state index in [1.165, 1.54) is 12.3 Å². The molecule has 0 saturated carbocycles. The zero-order valence-electron chi connectivity index (χ0n) is 10.9. The third-order valence-corrected chi connectivity index (χ3v) is 2.62. The maximum absolute atomic E-state index is 12.6.